The standard InChI is InChI=1S/C14H16O4S3/c1-21(16)14-9(8-18-11-4-2-3-6-17-11)12(15)13-10(20-14)5-7-19-13/h5,7,11H,2-4,6,8H2,1H3. The van der Waals surface area contributed by atoms with Gasteiger partial charge in [0.25, 0.3) is 0 Å². The fourth-order valence-corrected chi connectivity index (χ4v) is 5.45. The summed E-state index contributed by atoms with van der Waals surface area (Å²) in [5, 5.41) is 1.89. The van der Waals surface area contributed by atoms with Gasteiger partial charge in [-0.2, -0.15) is 0 Å². The van der Waals surface area contributed by atoms with Crippen LogP contribution in [0, 0.1) is 0 Å². The number of rotatable bonds is 4. The first-order chi connectivity index (χ1) is 10.2. The van der Waals surface area contributed by atoms with Crippen molar-refractivity contribution in [1.82, 2.24) is 0 Å². The minimum absolute atomic E-state index is 0.0558. The van der Waals surface area contributed by atoms with E-state index in [2.05, 4.69) is 0 Å². The maximum atomic E-state index is 12.5. The van der Waals surface area contributed by atoms with Crippen LogP contribution in [0.1, 0.15) is 24.8 Å². The molecule has 21 heavy (non-hydrogen) atoms. The Morgan fingerprint density at radius 2 is 2.38 bits per heavy atom. The molecule has 3 heterocycles. The van der Waals surface area contributed by atoms with Gasteiger partial charge in [-0.25, -0.2) is 0 Å². The Balaban J connectivity index is 1.89. The molecule has 2 atom stereocenters. The Morgan fingerprint density at radius 3 is 3.10 bits per heavy atom. The van der Waals surface area contributed by atoms with Crippen molar-refractivity contribution in [1.29, 1.82) is 0 Å². The summed E-state index contributed by atoms with van der Waals surface area (Å²) in [6.45, 7) is 0.872. The van der Waals surface area contributed by atoms with Gasteiger partial charge in [0.05, 0.1) is 21.6 Å². The first kappa shape index (κ1) is 15.5. The summed E-state index contributed by atoms with van der Waals surface area (Å²) in [6.07, 6.45) is 4.34. The van der Waals surface area contributed by atoms with E-state index in [0.29, 0.717) is 16.4 Å². The first-order valence-corrected chi connectivity index (χ1v) is 10.0. The number of hydrogen-bond donors (Lipinski definition) is 0. The van der Waals surface area contributed by atoms with Crippen LogP contribution in [-0.4, -0.2) is 23.7 Å². The Bertz CT molecular complexity index is 670. The molecule has 0 aliphatic carbocycles. The van der Waals surface area contributed by atoms with Crippen LogP contribution in [0.2, 0.25) is 0 Å². The van der Waals surface area contributed by atoms with Crippen molar-refractivity contribution in [3.8, 4) is 0 Å². The van der Waals surface area contributed by atoms with Gasteiger partial charge >= 0.3 is 0 Å². The lowest BCUT2D eigenvalue weighted by molar-refractivity contribution is -0.169. The molecule has 1 saturated heterocycles. The highest BCUT2D eigenvalue weighted by atomic mass is 32.2. The fraction of sp³-hybridized carbons (Fsp3) is 0.500. The highest BCUT2D eigenvalue weighted by molar-refractivity contribution is 7.93. The maximum Gasteiger partial charge on any atom is 0.216 e. The van der Waals surface area contributed by atoms with Gasteiger partial charge in [0.2, 0.25) is 9.64 Å². The second kappa shape index (κ2) is 6.76. The molecular weight excluding hydrogens is 328 g/mol. The van der Waals surface area contributed by atoms with E-state index in [1.165, 1.54) is 22.7 Å². The first-order valence-electron chi connectivity index (χ1n) is 6.76. The normalized spacial score (nSPS) is 20.8. The minimum Gasteiger partial charge on any atom is -0.611 e. The molecule has 1 aliphatic heterocycles. The highest BCUT2D eigenvalue weighted by Gasteiger charge is 2.22. The van der Waals surface area contributed by atoms with E-state index in [9.17, 15) is 9.35 Å². The molecule has 2 aromatic rings. The van der Waals surface area contributed by atoms with E-state index < -0.39 is 11.2 Å². The predicted molar refractivity (Wildman–Crippen MR) is 86.7 cm³/mol. The van der Waals surface area contributed by atoms with Gasteiger partial charge in [-0.3, -0.25) is 4.79 Å². The average Bonchev–Trinajstić information content (AvgIpc) is 2.96. The summed E-state index contributed by atoms with van der Waals surface area (Å²) >= 11 is 1.65. The summed E-state index contributed by atoms with van der Waals surface area (Å²) in [7, 11) is 0. The van der Waals surface area contributed by atoms with E-state index in [1.807, 2.05) is 11.4 Å². The van der Waals surface area contributed by atoms with Crippen LogP contribution in [0.4, 0.5) is 0 Å². The summed E-state index contributed by atoms with van der Waals surface area (Å²) in [5.74, 6) is 0. The molecule has 0 spiro atoms. The molecule has 114 valence electrons. The minimum atomic E-state index is -1.20. The fourth-order valence-electron chi connectivity index (χ4n) is 2.31. The SMILES string of the molecule is C[S+]([O-])c1sc2ccsc2c(=O)c1COC1CCCCO1. The quantitative estimate of drug-likeness (QED) is 0.800. The van der Waals surface area contributed by atoms with Crippen molar-refractivity contribution in [2.75, 3.05) is 12.9 Å². The molecular formula is C14H16O4S3. The molecule has 7 heteroatoms. The zero-order valence-corrected chi connectivity index (χ0v) is 14.1. The number of ether oxygens (including phenoxy) is 2. The third-order valence-corrected chi connectivity index (χ3v) is 7.13. The van der Waals surface area contributed by atoms with E-state index in [0.717, 1.165) is 28.7 Å². The van der Waals surface area contributed by atoms with Gasteiger partial charge in [0.15, 0.2) is 6.29 Å². The van der Waals surface area contributed by atoms with Crippen molar-refractivity contribution < 1.29 is 14.0 Å². The van der Waals surface area contributed by atoms with E-state index in [1.54, 1.807) is 6.26 Å². The van der Waals surface area contributed by atoms with Crippen molar-refractivity contribution in [2.45, 2.75) is 36.4 Å². The van der Waals surface area contributed by atoms with E-state index >= 15 is 0 Å². The monoisotopic (exact) mass is 344 g/mol. The van der Waals surface area contributed by atoms with Crippen LogP contribution < -0.4 is 5.43 Å². The van der Waals surface area contributed by atoms with Crippen molar-refractivity contribution in [2.24, 2.45) is 0 Å². The molecule has 3 rings (SSSR count). The highest BCUT2D eigenvalue weighted by Crippen LogP contribution is 2.30. The van der Waals surface area contributed by atoms with Crippen molar-refractivity contribution in [3.05, 3.63) is 27.2 Å². The lowest BCUT2D eigenvalue weighted by Gasteiger charge is -2.22. The van der Waals surface area contributed by atoms with Crippen molar-refractivity contribution in [3.63, 3.8) is 0 Å². The molecule has 2 aromatic heterocycles. The number of hydrogen-bond acceptors (Lipinski definition) is 6. The molecule has 1 fully saturated rings. The Hall–Kier alpha value is -0.440. The second-order valence-electron chi connectivity index (χ2n) is 4.87. The van der Waals surface area contributed by atoms with Gasteiger partial charge in [0, 0.05) is 6.61 Å². The van der Waals surface area contributed by atoms with Gasteiger partial charge in [0.1, 0.15) is 6.26 Å². The van der Waals surface area contributed by atoms with Crippen LogP contribution in [-0.2, 0) is 27.3 Å². The van der Waals surface area contributed by atoms with Crippen LogP contribution in [0.25, 0.3) is 9.40 Å². The van der Waals surface area contributed by atoms with Crippen LogP contribution in [0.5, 0.6) is 0 Å². The molecule has 0 radical (unpaired) electrons. The van der Waals surface area contributed by atoms with Crippen LogP contribution >= 0.6 is 22.7 Å². The summed E-state index contributed by atoms with van der Waals surface area (Å²) in [4.78, 5) is 12.5. The molecule has 0 bridgehead atoms. The molecule has 0 N–H and O–H groups in total. The molecule has 2 unspecified atom stereocenters. The second-order valence-corrected chi connectivity index (χ2v) is 8.42. The lowest BCUT2D eigenvalue weighted by atomic mass is 10.2. The average molecular weight is 344 g/mol. The van der Waals surface area contributed by atoms with Gasteiger partial charge < -0.3 is 14.0 Å². The van der Waals surface area contributed by atoms with Crippen molar-refractivity contribution >= 4 is 43.2 Å². The molecule has 0 saturated carbocycles. The molecule has 1 aliphatic rings. The zero-order valence-electron chi connectivity index (χ0n) is 11.6. The number of fused-ring (bicyclic) bond motifs is 1. The Morgan fingerprint density at radius 1 is 1.52 bits per heavy atom. The summed E-state index contributed by atoms with van der Waals surface area (Å²) in [6, 6.07) is 1.90. The molecule has 0 amide bonds. The Kier molecular flexibility index (Phi) is 4.98. The van der Waals surface area contributed by atoms with Crippen LogP contribution in [0.15, 0.2) is 20.5 Å². The largest absolute Gasteiger partial charge is 0.611 e. The van der Waals surface area contributed by atoms with Crippen LogP contribution in [0.3, 0.4) is 0 Å². The number of thiophene rings is 1. The molecule has 0 aromatic carbocycles. The van der Waals surface area contributed by atoms with Gasteiger partial charge in [-0.15, -0.1) is 11.3 Å². The topological polar surface area (TPSA) is 58.6 Å². The van der Waals surface area contributed by atoms with E-state index in [-0.39, 0.29) is 18.3 Å². The predicted octanol–water partition coefficient (Wildman–Crippen LogP) is 3.10. The lowest BCUT2D eigenvalue weighted by Crippen LogP contribution is -2.24. The van der Waals surface area contributed by atoms with Gasteiger partial charge in [-0.05, 0) is 41.9 Å². The maximum absolute atomic E-state index is 12.5. The van der Waals surface area contributed by atoms with Gasteiger partial charge in [-0.1, -0.05) is 11.3 Å². The Labute approximate surface area is 133 Å². The van der Waals surface area contributed by atoms with E-state index in [4.69, 9.17) is 9.47 Å². The summed E-state index contributed by atoms with van der Waals surface area (Å²) in [5.41, 5.74) is 0.463. The third kappa shape index (κ3) is 3.33. The third-order valence-electron chi connectivity index (χ3n) is 3.37. The zero-order chi connectivity index (χ0) is 14.8. The summed E-state index contributed by atoms with van der Waals surface area (Å²) < 4.78 is 25.4. The smallest absolute Gasteiger partial charge is 0.216 e. The molecule has 4 nitrogen and oxygen atoms in total.